The maximum atomic E-state index is 10.6. The van der Waals surface area contributed by atoms with Crippen LogP contribution in [0.4, 0.5) is 5.69 Å². The summed E-state index contributed by atoms with van der Waals surface area (Å²) in [6, 6.07) is 13.5. The zero-order chi connectivity index (χ0) is 12.8. The van der Waals surface area contributed by atoms with Gasteiger partial charge in [-0.05, 0) is 36.4 Å². The maximum absolute atomic E-state index is 10.6. The first kappa shape index (κ1) is 12.3. The lowest BCUT2D eigenvalue weighted by Crippen LogP contribution is -2.20. The maximum Gasteiger partial charge on any atom is 0.150 e. The fraction of sp³-hybridized carbons (Fsp3) is 0.200. The van der Waals surface area contributed by atoms with Gasteiger partial charge < -0.3 is 4.90 Å². The first-order valence-corrected chi connectivity index (χ1v) is 5.96. The molecule has 0 N–H and O–H groups in total. The van der Waals surface area contributed by atoms with Crippen molar-refractivity contribution in [3.63, 3.8) is 0 Å². The zero-order valence-electron chi connectivity index (χ0n) is 10.4. The van der Waals surface area contributed by atoms with E-state index in [9.17, 15) is 4.79 Å². The first-order valence-electron chi connectivity index (χ1n) is 5.96. The second-order valence-corrected chi connectivity index (χ2v) is 4.20. The molecule has 0 radical (unpaired) electrons. The van der Waals surface area contributed by atoms with Crippen LogP contribution in [0.15, 0.2) is 48.7 Å². The van der Waals surface area contributed by atoms with Crippen molar-refractivity contribution in [2.75, 3.05) is 18.5 Å². The fourth-order valence-electron chi connectivity index (χ4n) is 1.76. The highest BCUT2D eigenvalue weighted by Gasteiger charge is 2.01. The molecule has 1 aromatic carbocycles. The van der Waals surface area contributed by atoms with Gasteiger partial charge in [0.25, 0.3) is 0 Å². The van der Waals surface area contributed by atoms with Crippen molar-refractivity contribution in [3.8, 4) is 0 Å². The Balaban J connectivity index is 1.94. The monoisotopic (exact) mass is 240 g/mol. The molecular weight excluding hydrogens is 224 g/mol. The SMILES string of the molecule is CN(CCc1ccccn1)c1ccc(C=O)cc1. The lowest BCUT2D eigenvalue weighted by Gasteiger charge is -2.19. The van der Waals surface area contributed by atoms with Crippen molar-refractivity contribution in [3.05, 3.63) is 59.9 Å². The third-order valence-corrected chi connectivity index (χ3v) is 2.90. The summed E-state index contributed by atoms with van der Waals surface area (Å²) in [4.78, 5) is 17.0. The van der Waals surface area contributed by atoms with E-state index in [2.05, 4.69) is 9.88 Å². The van der Waals surface area contributed by atoms with Crippen LogP contribution in [0.25, 0.3) is 0 Å². The van der Waals surface area contributed by atoms with Crippen molar-refractivity contribution < 1.29 is 4.79 Å². The number of rotatable bonds is 5. The molecule has 2 aromatic rings. The molecule has 0 spiro atoms. The normalized spacial score (nSPS) is 10.1. The molecule has 3 nitrogen and oxygen atoms in total. The molecule has 0 amide bonds. The number of benzene rings is 1. The van der Waals surface area contributed by atoms with Gasteiger partial charge in [0.05, 0.1) is 0 Å². The number of carbonyl (C=O) groups is 1. The highest BCUT2D eigenvalue weighted by Crippen LogP contribution is 2.13. The van der Waals surface area contributed by atoms with Crippen LogP contribution in [0, 0.1) is 0 Å². The molecule has 3 heteroatoms. The van der Waals surface area contributed by atoms with Gasteiger partial charge in [-0.3, -0.25) is 9.78 Å². The van der Waals surface area contributed by atoms with E-state index in [4.69, 9.17) is 0 Å². The van der Waals surface area contributed by atoms with Crippen LogP contribution in [0.5, 0.6) is 0 Å². The Labute approximate surface area is 107 Å². The number of hydrogen-bond acceptors (Lipinski definition) is 3. The molecule has 1 heterocycles. The minimum atomic E-state index is 0.705. The van der Waals surface area contributed by atoms with E-state index >= 15 is 0 Å². The average molecular weight is 240 g/mol. The number of likely N-dealkylation sites (N-methyl/N-ethyl adjacent to an activating group) is 1. The molecule has 2 rings (SSSR count). The molecule has 92 valence electrons. The molecule has 1 aromatic heterocycles. The Kier molecular flexibility index (Phi) is 4.07. The van der Waals surface area contributed by atoms with Crippen LogP contribution in [0.1, 0.15) is 16.1 Å². The van der Waals surface area contributed by atoms with E-state index in [1.807, 2.05) is 55.7 Å². The van der Waals surface area contributed by atoms with Crippen molar-refractivity contribution >= 4 is 12.0 Å². The summed E-state index contributed by atoms with van der Waals surface area (Å²) in [7, 11) is 2.04. The van der Waals surface area contributed by atoms with Gasteiger partial charge in [-0.25, -0.2) is 0 Å². The van der Waals surface area contributed by atoms with Crippen LogP contribution < -0.4 is 4.90 Å². The number of hydrogen-bond donors (Lipinski definition) is 0. The van der Waals surface area contributed by atoms with Crippen LogP contribution in [-0.2, 0) is 6.42 Å². The summed E-state index contributed by atoms with van der Waals surface area (Å²) in [5.41, 5.74) is 2.90. The molecule has 0 unspecified atom stereocenters. The van der Waals surface area contributed by atoms with Crippen LogP contribution in [-0.4, -0.2) is 24.9 Å². The minimum Gasteiger partial charge on any atom is -0.374 e. The third kappa shape index (κ3) is 3.17. The minimum absolute atomic E-state index is 0.705. The summed E-state index contributed by atoms with van der Waals surface area (Å²) in [5, 5.41) is 0. The molecule has 0 aliphatic heterocycles. The Hall–Kier alpha value is -2.16. The fourth-order valence-corrected chi connectivity index (χ4v) is 1.76. The molecule has 0 aliphatic carbocycles. The van der Waals surface area contributed by atoms with Gasteiger partial charge in [-0.15, -0.1) is 0 Å². The smallest absolute Gasteiger partial charge is 0.150 e. The Morgan fingerprint density at radius 2 is 1.94 bits per heavy atom. The van der Waals surface area contributed by atoms with E-state index < -0.39 is 0 Å². The summed E-state index contributed by atoms with van der Waals surface area (Å²) in [6.45, 7) is 0.900. The molecule has 0 atom stereocenters. The van der Waals surface area contributed by atoms with Crippen LogP contribution in [0.2, 0.25) is 0 Å². The molecule has 18 heavy (non-hydrogen) atoms. The molecule has 0 fully saturated rings. The second kappa shape index (κ2) is 5.96. The Bertz CT molecular complexity index is 494. The van der Waals surface area contributed by atoms with E-state index in [-0.39, 0.29) is 0 Å². The highest BCUT2D eigenvalue weighted by atomic mass is 16.1. The second-order valence-electron chi connectivity index (χ2n) is 4.20. The summed E-state index contributed by atoms with van der Waals surface area (Å²) in [5.74, 6) is 0. The number of pyridine rings is 1. The predicted octanol–water partition coefficient (Wildman–Crippen LogP) is 2.57. The predicted molar refractivity (Wildman–Crippen MR) is 73.0 cm³/mol. The highest BCUT2D eigenvalue weighted by molar-refractivity contribution is 5.75. The number of aromatic nitrogens is 1. The van der Waals surface area contributed by atoms with E-state index in [0.717, 1.165) is 30.6 Å². The molecule has 0 aliphatic rings. The summed E-state index contributed by atoms with van der Waals surface area (Å²) < 4.78 is 0. The Morgan fingerprint density at radius 3 is 2.56 bits per heavy atom. The first-order chi connectivity index (χ1) is 8.79. The standard InChI is InChI=1S/C15H16N2O/c1-17(11-9-14-4-2-3-10-16-14)15-7-5-13(12-18)6-8-15/h2-8,10,12H,9,11H2,1H3. The number of carbonyl (C=O) groups excluding carboxylic acids is 1. The largest absolute Gasteiger partial charge is 0.374 e. The quantitative estimate of drug-likeness (QED) is 0.753. The third-order valence-electron chi connectivity index (χ3n) is 2.90. The topological polar surface area (TPSA) is 33.2 Å². The van der Waals surface area contributed by atoms with E-state index in [0.29, 0.717) is 5.56 Å². The van der Waals surface area contributed by atoms with Crippen LogP contribution >= 0.6 is 0 Å². The van der Waals surface area contributed by atoms with Crippen molar-refractivity contribution in [1.82, 2.24) is 4.98 Å². The van der Waals surface area contributed by atoms with Gasteiger partial charge in [0.15, 0.2) is 0 Å². The van der Waals surface area contributed by atoms with Crippen LogP contribution in [0.3, 0.4) is 0 Å². The van der Waals surface area contributed by atoms with Crippen molar-refractivity contribution in [2.45, 2.75) is 6.42 Å². The number of nitrogens with zero attached hydrogens (tertiary/aromatic N) is 2. The summed E-state index contributed by atoms with van der Waals surface area (Å²) >= 11 is 0. The molecular formula is C15H16N2O. The van der Waals surface area contributed by atoms with Gasteiger partial charge in [0.2, 0.25) is 0 Å². The van der Waals surface area contributed by atoms with Crippen molar-refractivity contribution in [1.29, 1.82) is 0 Å². The molecule has 0 saturated heterocycles. The van der Waals surface area contributed by atoms with Gasteiger partial charge in [0.1, 0.15) is 6.29 Å². The van der Waals surface area contributed by atoms with Gasteiger partial charge in [-0.2, -0.15) is 0 Å². The van der Waals surface area contributed by atoms with Gasteiger partial charge in [-0.1, -0.05) is 6.07 Å². The zero-order valence-corrected chi connectivity index (χ0v) is 10.4. The number of aldehydes is 1. The van der Waals surface area contributed by atoms with Crippen molar-refractivity contribution in [2.24, 2.45) is 0 Å². The average Bonchev–Trinajstić information content (AvgIpc) is 2.46. The summed E-state index contributed by atoms with van der Waals surface area (Å²) in [6.07, 6.45) is 3.58. The van der Waals surface area contributed by atoms with E-state index in [1.165, 1.54) is 0 Å². The van der Waals surface area contributed by atoms with Gasteiger partial charge >= 0.3 is 0 Å². The molecule has 0 saturated carbocycles. The lowest BCUT2D eigenvalue weighted by molar-refractivity contribution is 0.112. The Morgan fingerprint density at radius 1 is 1.17 bits per heavy atom. The lowest BCUT2D eigenvalue weighted by atomic mass is 10.2. The van der Waals surface area contributed by atoms with E-state index in [1.54, 1.807) is 0 Å². The molecule has 0 bridgehead atoms. The number of anilines is 1. The van der Waals surface area contributed by atoms with Gasteiger partial charge in [0, 0.05) is 43.2 Å².